The molecule has 0 spiro atoms. The highest BCUT2D eigenvalue weighted by molar-refractivity contribution is 7.99. The molecule has 1 saturated carbocycles. The summed E-state index contributed by atoms with van der Waals surface area (Å²) in [6.45, 7) is 9.28. The van der Waals surface area contributed by atoms with Crippen molar-refractivity contribution >= 4 is 29.4 Å². The van der Waals surface area contributed by atoms with Gasteiger partial charge in [0.05, 0.1) is 17.3 Å². The number of primary amides is 1. The Labute approximate surface area is 200 Å². The maximum absolute atomic E-state index is 11.7. The predicted octanol–water partition coefficient (Wildman–Crippen LogP) is 5.74. The number of rotatable bonds is 2. The smallest absolute Gasteiger partial charge is 0.405 e. The van der Waals surface area contributed by atoms with E-state index < -0.39 is 11.7 Å². The Morgan fingerprint density at radius 1 is 1.33 bits per heavy atom. The van der Waals surface area contributed by atoms with Crippen LogP contribution >= 0.6 is 11.8 Å². The molecule has 2 aromatic rings. The van der Waals surface area contributed by atoms with Crippen LogP contribution in [-0.4, -0.2) is 28.3 Å². The molecule has 7 nitrogen and oxygen atoms in total. The van der Waals surface area contributed by atoms with Crippen molar-refractivity contribution in [1.82, 2.24) is 4.98 Å². The third-order valence-corrected chi connectivity index (χ3v) is 6.03. The average molecular weight is 472 g/mol. The van der Waals surface area contributed by atoms with Gasteiger partial charge in [0.2, 0.25) is 11.8 Å². The molecule has 1 fully saturated rings. The number of amides is 2. The highest BCUT2D eigenvalue weighted by Gasteiger charge is 2.40. The number of thioether (sulfide) groups is 1. The van der Waals surface area contributed by atoms with Crippen molar-refractivity contribution in [3.63, 3.8) is 0 Å². The van der Waals surface area contributed by atoms with E-state index in [0.717, 1.165) is 46.9 Å². The van der Waals surface area contributed by atoms with Crippen LogP contribution in [0.2, 0.25) is 0 Å². The third-order valence-electron chi connectivity index (χ3n) is 4.95. The number of anilines is 1. The molecule has 4 rings (SSSR count). The van der Waals surface area contributed by atoms with Gasteiger partial charge in [0.25, 0.3) is 0 Å². The normalized spacial score (nSPS) is 16.1. The first-order valence-corrected chi connectivity index (χ1v) is 12.1. The van der Waals surface area contributed by atoms with E-state index >= 15 is 0 Å². The SMILES string of the molecule is C#CC1(c2cnc(-c3ccc4c(c3)NC(=O)CCS4)o2)CCC1.CC.CC(C)(C)OC(N)=O. The number of nitrogens with one attached hydrogen (secondary N) is 1. The van der Waals surface area contributed by atoms with Gasteiger partial charge in [0, 0.05) is 22.6 Å². The molecule has 0 saturated heterocycles. The van der Waals surface area contributed by atoms with Crippen molar-refractivity contribution in [2.24, 2.45) is 5.73 Å². The molecule has 2 heterocycles. The zero-order chi connectivity index (χ0) is 24.6. The van der Waals surface area contributed by atoms with Crippen LogP contribution in [0.3, 0.4) is 0 Å². The fraction of sp³-hybridized carbons (Fsp3) is 0.480. The molecule has 33 heavy (non-hydrogen) atoms. The number of oxazole rings is 1. The summed E-state index contributed by atoms with van der Waals surface area (Å²) >= 11 is 1.68. The Balaban J connectivity index is 0.000000330. The molecule has 1 aliphatic carbocycles. The number of carbonyl (C=O) groups is 2. The quantitative estimate of drug-likeness (QED) is 0.541. The van der Waals surface area contributed by atoms with Crippen molar-refractivity contribution in [1.29, 1.82) is 0 Å². The summed E-state index contributed by atoms with van der Waals surface area (Å²) in [6.07, 6.45) is 10.3. The van der Waals surface area contributed by atoms with Crippen LogP contribution in [0, 0.1) is 12.3 Å². The molecule has 0 unspecified atom stereocenters. The number of ether oxygens (including phenoxy) is 1. The van der Waals surface area contributed by atoms with E-state index in [9.17, 15) is 9.59 Å². The number of aromatic nitrogens is 1. The summed E-state index contributed by atoms with van der Waals surface area (Å²) in [4.78, 5) is 27.2. The molecule has 1 aliphatic heterocycles. The third kappa shape index (κ3) is 7.03. The number of hydrogen-bond acceptors (Lipinski definition) is 6. The first kappa shape index (κ1) is 26.3. The van der Waals surface area contributed by atoms with E-state index in [0.29, 0.717) is 12.3 Å². The molecule has 1 aromatic carbocycles. The second-order valence-electron chi connectivity index (χ2n) is 8.50. The number of nitrogens with zero attached hydrogens (tertiary/aromatic N) is 1. The van der Waals surface area contributed by atoms with Crippen LogP contribution < -0.4 is 11.1 Å². The summed E-state index contributed by atoms with van der Waals surface area (Å²) in [6, 6.07) is 5.90. The Hall–Kier alpha value is -2.92. The van der Waals surface area contributed by atoms with Crippen LogP contribution in [0.4, 0.5) is 10.5 Å². The van der Waals surface area contributed by atoms with Gasteiger partial charge in [-0.2, -0.15) is 0 Å². The maximum Gasteiger partial charge on any atom is 0.405 e. The monoisotopic (exact) mass is 471 g/mol. The zero-order valence-electron chi connectivity index (χ0n) is 20.0. The second-order valence-corrected chi connectivity index (χ2v) is 9.64. The lowest BCUT2D eigenvalue weighted by Gasteiger charge is -2.34. The van der Waals surface area contributed by atoms with Gasteiger partial charge in [-0.1, -0.05) is 19.8 Å². The molecular formula is C25H33N3O4S. The van der Waals surface area contributed by atoms with Crippen molar-refractivity contribution in [2.45, 2.75) is 76.2 Å². The second kappa shape index (κ2) is 11.3. The Morgan fingerprint density at radius 3 is 2.55 bits per heavy atom. The average Bonchev–Trinajstić information content (AvgIpc) is 3.11. The van der Waals surface area contributed by atoms with E-state index in [2.05, 4.69) is 21.0 Å². The van der Waals surface area contributed by atoms with Gasteiger partial charge in [-0.05, 0) is 58.2 Å². The largest absolute Gasteiger partial charge is 0.444 e. The molecule has 2 amide bonds. The van der Waals surface area contributed by atoms with Crippen molar-refractivity contribution in [3.8, 4) is 23.8 Å². The van der Waals surface area contributed by atoms with Gasteiger partial charge >= 0.3 is 6.09 Å². The highest BCUT2D eigenvalue weighted by Crippen LogP contribution is 2.44. The van der Waals surface area contributed by atoms with Crippen LogP contribution in [0.5, 0.6) is 0 Å². The first-order valence-electron chi connectivity index (χ1n) is 11.1. The zero-order valence-corrected chi connectivity index (χ0v) is 20.8. The molecule has 8 heteroatoms. The van der Waals surface area contributed by atoms with E-state index in [1.807, 2.05) is 32.0 Å². The van der Waals surface area contributed by atoms with Gasteiger partial charge in [-0.15, -0.1) is 18.2 Å². The molecule has 0 bridgehead atoms. The lowest BCUT2D eigenvalue weighted by molar-refractivity contribution is -0.115. The molecule has 0 radical (unpaired) electrons. The predicted molar refractivity (Wildman–Crippen MR) is 132 cm³/mol. The first-order chi connectivity index (χ1) is 15.6. The van der Waals surface area contributed by atoms with Crippen LogP contribution in [0.25, 0.3) is 11.5 Å². The lowest BCUT2D eigenvalue weighted by atomic mass is 9.68. The standard InChI is InChI=1S/C18H16N2O2S.C5H11NO2.C2H6/c1-2-18(7-3-8-18)15-11-19-17(22-15)12-4-5-14-13(10-12)20-16(21)6-9-23-14;1-5(2,3)8-4(6)7;1-2/h1,4-5,10-11H,3,6-9H2,(H,20,21);1-3H3,(H2,6,7);1-2H3. The Kier molecular flexibility index (Phi) is 9.00. The summed E-state index contributed by atoms with van der Waals surface area (Å²) in [5.41, 5.74) is 5.66. The molecule has 3 N–H and O–H groups in total. The molecule has 2 aliphatic rings. The molecule has 1 aromatic heterocycles. The van der Waals surface area contributed by atoms with Crippen molar-refractivity contribution in [3.05, 3.63) is 30.2 Å². The minimum absolute atomic E-state index is 0.0437. The minimum atomic E-state index is -0.725. The summed E-state index contributed by atoms with van der Waals surface area (Å²) in [5, 5.41) is 2.94. The van der Waals surface area contributed by atoms with E-state index in [4.69, 9.17) is 16.6 Å². The summed E-state index contributed by atoms with van der Waals surface area (Å²) in [5.74, 6) is 5.03. The maximum atomic E-state index is 11.7. The van der Waals surface area contributed by atoms with Crippen LogP contribution in [-0.2, 0) is 14.9 Å². The fourth-order valence-electron chi connectivity index (χ4n) is 3.28. The highest BCUT2D eigenvalue weighted by atomic mass is 32.2. The van der Waals surface area contributed by atoms with Gasteiger partial charge in [0.15, 0.2) is 0 Å². The van der Waals surface area contributed by atoms with Crippen LogP contribution in [0.1, 0.15) is 66.1 Å². The molecular weight excluding hydrogens is 438 g/mol. The Bertz CT molecular complexity index is 1010. The number of benzene rings is 1. The van der Waals surface area contributed by atoms with Gasteiger partial charge in [-0.3, -0.25) is 4.79 Å². The number of nitrogens with two attached hydrogens (primary N) is 1. The van der Waals surface area contributed by atoms with E-state index in [1.165, 1.54) is 0 Å². The lowest BCUT2D eigenvalue weighted by Crippen LogP contribution is -2.31. The molecule has 178 valence electrons. The van der Waals surface area contributed by atoms with E-state index in [1.54, 1.807) is 38.7 Å². The van der Waals surface area contributed by atoms with Crippen LogP contribution in [0.15, 0.2) is 33.7 Å². The van der Waals surface area contributed by atoms with E-state index in [-0.39, 0.29) is 11.3 Å². The summed E-state index contributed by atoms with van der Waals surface area (Å²) in [7, 11) is 0. The van der Waals surface area contributed by atoms with Gasteiger partial charge in [-0.25, -0.2) is 9.78 Å². The topological polar surface area (TPSA) is 107 Å². The number of terminal acetylenes is 1. The van der Waals surface area contributed by atoms with Crippen molar-refractivity contribution in [2.75, 3.05) is 11.1 Å². The molecule has 0 atom stereocenters. The van der Waals surface area contributed by atoms with Gasteiger partial charge in [0.1, 0.15) is 11.4 Å². The van der Waals surface area contributed by atoms with Gasteiger partial charge < -0.3 is 20.2 Å². The number of fused-ring (bicyclic) bond motifs is 1. The fourth-order valence-corrected chi connectivity index (χ4v) is 4.21. The minimum Gasteiger partial charge on any atom is -0.444 e. The number of hydrogen-bond donors (Lipinski definition) is 2. The summed E-state index contributed by atoms with van der Waals surface area (Å²) < 4.78 is 10.5. The number of carbonyl (C=O) groups excluding carboxylic acids is 2. The van der Waals surface area contributed by atoms with Crippen molar-refractivity contribution < 1.29 is 18.7 Å². The Morgan fingerprint density at radius 2 is 2.03 bits per heavy atom.